The van der Waals surface area contributed by atoms with Crippen LogP contribution in [0.4, 0.5) is 0 Å². The van der Waals surface area contributed by atoms with Gasteiger partial charge in [-0.15, -0.1) is 0 Å². The van der Waals surface area contributed by atoms with Gasteiger partial charge in [-0.1, -0.05) is 0 Å². The van der Waals surface area contributed by atoms with E-state index in [1.807, 2.05) is 0 Å². The topological polar surface area (TPSA) is 21.3 Å². The second-order valence-corrected chi connectivity index (χ2v) is 3.57. The maximum absolute atomic E-state index is 5.12. The van der Waals surface area contributed by atoms with Gasteiger partial charge >= 0.3 is 0 Å². The highest BCUT2D eigenvalue weighted by Gasteiger charge is 2.39. The summed E-state index contributed by atoms with van der Waals surface area (Å²) >= 11 is 0. The third-order valence-electron chi connectivity index (χ3n) is 2.84. The van der Waals surface area contributed by atoms with Crippen molar-refractivity contribution in [3.8, 4) is 0 Å². The lowest BCUT2D eigenvalue weighted by atomic mass is 9.96. The molecule has 0 bridgehead atoms. The highest BCUT2D eigenvalue weighted by atomic mass is 16.5. The molecular weight excluding hydrogens is 126 g/mol. The van der Waals surface area contributed by atoms with Gasteiger partial charge in [-0.05, 0) is 31.2 Å². The summed E-state index contributed by atoms with van der Waals surface area (Å²) in [7, 11) is 1.80. The largest absolute Gasteiger partial charge is 0.384 e. The number of ether oxygens (including phenoxy) is 1. The second kappa shape index (κ2) is 2.51. The van der Waals surface area contributed by atoms with Crippen LogP contribution in [0.1, 0.15) is 12.8 Å². The van der Waals surface area contributed by atoms with Crippen LogP contribution in [-0.4, -0.2) is 26.3 Å². The molecule has 1 aliphatic carbocycles. The molecule has 1 aliphatic heterocycles. The lowest BCUT2D eigenvalue weighted by Crippen LogP contribution is -2.49. The zero-order chi connectivity index (χ0) is 6.97. The molecule has 2 fully saturated rings. The van der Waals surface area contributed by atoms with E-state index in [0.717, 1.165) is 24.5 Å². The van der Waals surface area contributed by atoms with Gasteiger partial charge < -0.3 is 10.1 Å². The number of hydrogen-bond acceptors (Lipinski definition) is 2. The molecule has 58 valence electrons. The monoisotopic (exact) mass is 141 g/mol. The summed E-state index contributed by atoms with van der Waals surface area (Å²) < 4.78 is 5.12. The van der Waals surface area contributed by atoms with Crippen LogP contribution in [0.25, 0.3) is 0 Å². The molecule has 2 heteroatoms. The maximum Gasteiger partial charge on any atom is 0.0491 e. The first kappa shape index (κ1) is 6.62. The van der Waals surface area contributed by atoms with Gasteiger partial charge in [0.15, 0.2) is 0 Å². The summed E-state index contributed by atoms with van der Waals surface area (Å²) in [6, 6.07) is 0.847. The number of rotatable bonds is 2. The predicted octanol–water partition coefficient (Wildman–Crippen LogP) is 0.631. The molecule has 1 heterocycles. The molecule has 10 heavy (non-hydrogen) atoms. The number of hydrogen-bond donors (Lipinski definition) is 1. The average molecular weight is 141 g/mol. The van der Waals surface area contributed by atoms with Gasteiger partial charge in [0.1, 0.15) is 0 Å². The zero-order valence-corrected chi connectivity index (χ0v) is 6.47. The summed E-state index contributed by atoms with van der Waals surface area (Å²) in [4.78, 5) is 0. The van der Waals surface area contributed by atoms with Gasteiger partial charge in [0, 0.05) is 19.8 Å². The molecular formula is C8H15NO. The Kier molecular flexibility index (Phi) is 1.66. The van der Waals surface area contributed by atoms with Crippen LogP contribution < -0.4 is 5.32 Å². The first-order chi connectivity index (χ1) is 4.90. The fraction of sp³-hybridized carbons (Fsp3) is 1.00. The first-order valence-electron chi connectivity index (χ1n) is 4.12. The molecule has 3 atom stereocenters. The Bertz CT molecular complexity index is 114. The minimum absolute atomic E-state index is 0.843. The fourth-order valence-corrected chi connectivity index (χ4v) is 2.23. The summed E-state index contributed by atoms with van der Waals surface area (Å²) in [5.41, 5.74) is 0. The zero-order valence-electron chi connectivity index (χ0n) is 6.47. The molecule has 0 amide bonds. The second-order valence-electron chi connectivity index (χ2n) is 3.57. The molecule has 2 aliphatic rings. The molecule has 1 saturated carbocycles. The molecule has 0 aromatic carbocycles. The molecule has 0 aromatic rings. The Labute approximate surface area is 61.9 Å². The Balaban J connectivity index is 1.81. The lowest BCUT2D eigenvalue weighted by molar-refractivity contribution is 0.154. The van der Waals surface area contributed by atoms with E-state index in [1.54, 1.807) is 7.11 Å². The first-order valence-corrected chi connectivity index (χ1v) is 4.12. The molecule has 1 N–H and O–H groups in total. The lowest BCUT2D eigenvalue weighted by Gasteiger charge is -2.31. The van der Waals surface area contributed by atoms with E-state index in [4.69, 9.17) is 4.74 Å². The predicted molar refractivity (Wildman–Crippen MR) is 39.9 cm³/mol. The van der Waals surface area contributed by atoms with E-state index in [0.29, 0.717) is 0 Å². The highest BCUT2D eigenvalue weighted by Crippen LogP contribution is 2.35. The number of nitrogens with one attached hydrogen (secondary N) is 1. The van der Waals surface area contributed by atoms with E-state index >= 15 is 0 Å². The Morgan fingerprint density at radius 3 is 2.80 bits per heavy atom. The number of fused-ring (bicyclic) bond motifs is 1. The van der Waals surface area contributed by atoms with Gasteiger partial charge in [-0.25, -0.2) is 0 Å². The smallest absolute Gasteiger partial charge is 0.0491 e. The minimum Gasteiger partial charge on any atom is -0.384 e. The van der Waals surface area contributed by atoms with Crippen molar-refractivity contribution in [2.75, 3.05) is 20.3 Å². The van der Waals surface area contributed by atoms with Crippen molar-refractivity contribution in [3.63, 3.8) is 0 Å². The summed E-state index contributed by atoms with van der Waals surface area (Å²) in [6.07, 6.45) is 2.74. The van der Waals surface area contributed by atoms with Crippen molar-refractivity contribution in [2.24, 2.45) is 11.8 Å². The van der Waals surface area contributed by atoms with E-state index in [-0.39, 0.29) is 0 Å². The van der Waals surface area contributed by atoms with Crippen LogP contribution >= 0.6 is 0 Å². The molecule has 2 rings (SSSR count). The molecule has 1 saturated heterocycles. The van der Waals surface area contributed by atoms with Crippen LogP contribution in [0.15, 0.2) is 0 Å². The van der Waals surface area contributed by atoms with Crippen molar-refractivity contribution in [2.45, 2.75) is 18.9 Å². The quantitative estimate of drug-likeness (QED) is 0.609. The third kappa shape index (κ3) is 0.956. The average Bonchev–Trinajstić information content (AvgIpc) is 2.14. The van der Waals surface area contributed by atoms with Crippen LogP contribution in [-0.2, 0) is 4.74 Å². The van der Waals surface area contributed by atoms with Crippen LogP contribution in [0.2, 0.25) is 0 Å². The van der Waals surface area contributed by atoms with E-state index in [1.165, 1.54) is 19.4 Å². The Morgan fingerprint density at radius 2 is 2.40 bits per heavy atom. The summed E-state index contributed by atoms with van der Waals surface area (Å²) in [5, 5.41) is 3.44. The van der Waals surface area contributed by atoms with Crippen LogP contribution in [0, 0.1) is 11.8 Å². The summed E-state index contributed by atoms with van der Waals surface area (Å²) in [5.74, 6) is 1.83. The van der Waals surface area contributed by atoms with E-state index in [9.17, 15) is 0 Å². The SMILES string of the molecule is COC[C@@H]1C[C@H]2CN[C@H]2C1. The molecule has 0 unspecified atom stereocenters. The summed E-state index contributed by atoms with van der Waals surface area (Å²) in [6.45, 7) is 2.22. The van der Waals surface area contributed by atoms with Gasteiger partial charge in [-0.3, -0.25) is 0 Å². The Morgan fingerprint density at radius 1 is 1.50 bits per heavy atom. The van der Waals surface area contributed by atoms with E-state index in [2.05, 4.69) is 5.32 Å². The number of methoxy groups -OCH3 is 1. The normalized spacial score (nSPS) is 44.7. The maximum atomic E-state index is 5.12. The minimum atomic E-state index is 0.843. The van der Waals surface area contributed by atoms with Crippen molar-refractivity contribution < 1.29 is 4.74 Å². The molecule has 2 nitrogen and oxygen atoms in total. The van der Waals surface area contributed by atoms with Crippen molar-refractivity contribution in [3.05, 3.63) is 0 Å². The van der Waals surface area contributed by atoms with Gasteiger partial charge in [0.25, 0.3) is 0 Å². The van der Waals surface area contributed by atoms with Gasteiger partial charge in [-0.2, -0.15) is 0 Å². The highest BCUT2D eigenvalue weighted by molar-refractivity contribution is 4.96. The Hall–Kier alpha value is -0.0800. The molecule has 0 radical (unpaired) electrons. The van der Waals surface area contributed by atoms with Crippen molar-refractivity contribution >= 4 is 0 Å². The van der Waals surface area contributed by atoms with Crippen molar-refractivity contribution in [1.82, 2.24) is 5.32 Å². The van der Waals surface area contributed by atoms with Crippen LogP contribution in [0.5, 0.6) is 0 Å². The van der Waals surface area contributed by atoms with Gasteiger partial charge in [0.05, 0.1) is 0 Å². The molecule has 0 aromatic heterocycles. The standard InChI is InChI=1S/C8H15NO/c1-10-5-6-2-7-4-9-8(7)3-6/h6-9H,2-5H2,1H3/t6-,7+,8+/m1/s1. The van der Waals surface area contributed by atoms with Crippen molar-refractivity contribution in [1.29, 1.82) is 0 Å². The van der Waals surface area contributed by atoms with Crippen LogP contribution in [0.3, 0.4) is 0 Å². The third-order valence-corrected chi connectivity index (χ3v) is 2.84. The van der Waals surface area contributed by atoms with Gasteiger partial charge in [0.2, 0.25) is 0 Å². The molecule has 0 spiro atoms. The van der Waals surface area contributed by atoms with E-state index < -0.39 is 0 Å². The fourth-order valence-electron chi connectivity index (χ4n) is 2.23.